The standard InChI is InChI=1S/C24H23N3O2S/c1-16-8-13-20-22(15-16)30-24(27-20)17-9-11-18(12-10-17)26-23(28)7-4-14-29-21-6-3-2-5-19(21)25/h2-3,5-6,8-13,15H,4,7,14,25H2,1H3,(H,26,28). The number of aromatic nitrogens is 1. The number of nitrogens with two attached hydrogens (primary N) is 1. The van der Waals surface area contributed by atoms with Crippen molar-refractivity contribution in [3.05, 3.63) is 72.3 Å². The van der Waals surface area contributed by atoms with Gasteiger partial charge in [-0.05, 0) is 67.4 Å². The number of anilines is 2. The Morgan fingerprint density at radius 1 is 1.10 bits per heavy atom. The molecule has 152 valence electrons. The number of nitrogen functional groups attached to an aromatic ring is 1. The lowest BCUT2D eigenvalue weighted by molar-refractivity contribution is -0.116. The first-order chi connectivity index (χ1) is 14.6. The summed E-state index contributed by atoms with van der Waals surface area (Å²) in [6.45, 7) is 2.53. The number of hydrogen-bond donors (Lipinski definition) is 2. The highest BCUT2D eigenvalue weighted by molar-refractivity contribution is 7.21. The summed E-state index contributed by atoms with van der Waals surface area (Å²) >= 11 is 1.68. The quantitative estimate of drug-likeness (QED) is 0.301. The number of nitrogens with zero attached hydrogens (tertiary/aromatic N) is 1. The van der Waals surface area contributed by atoms with Gasteiger partial charge in [-0.15, -0.1) is 11.3 Å². The average molecular weight is 418 g/mol. The highest BCUT2D eigenvalue weighted by Crippen LogP contribution is 2.31. The Morgan fingerprint density at radius 2 is 1.90 bits per heavy atom. The van der Waals surface area contributed by atoms with Crippen LogP contribution in [-0.2, 0) is 4.79 Å². The van der Waals surface area contributed by atoms with Crippen molar-refractivity contribution in [3.8, 4) is 16.3 Å². The molecule has 0 radical (unpaired) electrons. The van der Waals surface area contributed by atoms with Crippen LogP contribution in [0.15, 0.2) is 66.7 Å². The predicted molar refractivity (Wildman–Crippen MR) is 124 cm³/mol. The lowest BCUT2D eigenvalue weighted by Gasteiger charge is -2.09. The Morgan fingerprint density at radius 3 is 2.70 bits per heavy atom. The summed E-state index contributed by atoms with van der Waals surface area (Å²) in [6, 6.07) is 21.4. The van der Waals surface area contributed by atoms with E-state index in [2.05, 4.69) is 30.4 Å². The fourth-order valence-electron chi connectivity index (χ4n) is 3.10. The van der Waals surface area contributed by atoms with Crippen molar-refractivity contribution >= 4 is 38.8 Å². The van der Waals surface area contributed by atoms with E-state index in [0.29, 0.717) is 30.9 Å². The number of amides is 1. The first-order valence-electron chi connectivity index (χ1n) is 9.83. The first-order valence-corrected chi connectivity index (χ1v) is 10.6. The first kappa shape index (κ1) is 19.9. The fraction of sp³-hybridized carbons (Fsp3) is 0.167. The van der Waals surface area contributed by atoms with E-state index in [1.165, 1.54) is 10.3 Å². The SMILES string of the molecule is Cc1ccc2nc(-c3ccc(NC(=O)CCCOc4ccccc4N)cc3)sc2c1. The van der Waals surface area contributed by atoms with Crippen LogP contribution in [-0.4, -0.2) is 17.5 Å². The van der Waals surface area contributed by atoms with Crippen LogP contribution >= 0.6 is 11.3 Å². The van der Waals surface area contributed by atoms with Crippen LogP contribution in [0.1, 0.15) is 18.4 Å². The van der Waals surface area contributed by atoms with Crippen LogP contribution in [0.3, 0.4) is 0 Å². The number of rotatable bonds is 7. The molecule has 0 bridgehead atoms. The number of aryl methyl sites for hydroxylation is 1. The number of thiazole rings is 1. The molecule has 0 atom stereocenters. The second-order valence-corrected chi connectivity index (χ2v) is 8.14. The molecule has 0 saturated heterocycles. The van der Waals surface area contributed by atoms with Gasteiger partial charge in [0.2, 0.25) is 5.91 Å². The number of hydrogen-bond acceptors (Lipinski definition) is 5. The molecule has 1 amide bonds. The van der Waals surface area contributed by atoms with Gasteiger partial charge in [-0.3, -0.25) is 4.79 Å². The summed E-state index contributed by atoms with van der Waals surface area (Å²) in [5.74, 6) is 0.612. The summed E-state index contributed by atoms with van der Waals surface area (Å²) in [5.41, 5.74) is 10.5. The van der Waals surface area contributed by atoms with Gasteiger partial charge in [0, 0.05) is 17.7 Å². The molecule has 3 N–H and O–H groups in total. The molecule has 0 aliphatic heterocycles. The van der Waals surface area contributed by atoms with E-state index in [1.807, 2.05) is 42.5 Å². The number of carbonyl (C=O) groups excluding carboxylic acids is 1. The molecule has 0 spiro atoms. The third-order valence-corrected chi connectivity index (χ3v) is 5.75. The normalized spacial score (nSPS) is 10.8. The highest BCUT2D eigenvalue weighted by Gasteiger charge is 2.08. The Hall–Kier alpha value is -3.38. The number of fused-ring (bicyclic) bond motifs is 1. The molecule has 30 heavy (non-hydrogen) atoms. The molecule has 5 nitrogen and oxygen atoms in total. The van der Waals surface area contributed by atoms with E-state index >= 15 is 0 Å². The average Bonchev–Trinajstić information content (AvgIpc) is 3.16. The predicted octanol–water partition coefficient (Wildman–Crippen LogP) is 5.65. The van der Waals surface area contributed by atoms with E-state index < -0.39 is 0 Å². The van der Waals surface area contributed by atoms with E-state index in [-0.39, 0.29) is 5.91 Å². The van der Waals surface area contributed by atoms with E-state index in [4.69, 9.17) is 15.5 Å². The van der Waals surface area contributed by atoms with Crippen molar-refractivity contribution in [2.75, 3.05) is 17.7 Å². The Labute approximate surface area is 179 Å². The van der Waals surface area contributed by atoms with Crippen LogP contribution in [0, 0.1) is 6.92 Å². The third-order valence-electron chi connectivity index (χ3n) is 4.68. The number of para-hydroxylation sites is 2. The summed E-state index contributed by atoms with van der Waals surface area (Å²) in [6.07, 6.45) is 0.995. The lowest BCUT2D eigenvalue weighted by Crippen LogP contribution is -2.12. The van der Waals surface area contributed by atoms with Crippen molar-refractivity contribution < 1.29 is 9.53 Å². The number of benzene rings is 3. The van der Waals surface area contributed by atoms with Gasteiger partial charge in [-0.2, -0.15) is 0 Å². The highest BCUT2D eigenvalue weighted by atomic mass is 32.1. The maximum absolute atomic E-state index is 12.2. The maximum atomic E-state index is 12.2. The summed E-state index contributed by atoms with van der Waals surface area (Å²) in [4.78, 5) is 16.9. The molecule has 0 fully saturated rings. The lowest BCUT2D eigenvalue weighted by atomic mass is 10.2. The third kappa shape index (κ3) is 4.78. The maximum Gasteiger partial charge on any atom is 0.224 e. The Balaban J connectivity index is 1.29. The van der Waals surface area contributed by atoms with Gasteiger partial charge in [0.25, 0.3) is 0 Å². The van der Waals surface area contributed by atoms with Crippen molar-refractivity contribution in [2.24, 2.45) is 0 Å². The monoisotopic (exact) mass is 417 g/mol. The molecule has 1 aromatic heterocycles. The molecular weight excluding hydrogens is 394 g/mol. The molecule has 0 aliphatic carbocycles. The minimum atomic E-state index is -0.0390. The molecular formula is C24H23N3O2S. The molecule has 6 heteroatoms. The zero-order chi connectivity index (χ0) is 20.9. The molecule has 0 saturated carbocycles. The second kappa shape index (κ2) is 8.97. The minimum absolute atomic E-state index is 0.0390. The van der Waals surface area contributed by atoms with Gasteiger partial charge in [0.1, 0.15) is 10.8 Å². The largest absolute Gasteiger partial charge is 0.491 e. The summed E-state index contributed by atoms with van der Waals surface area (Å²) in [7, 11) is 0. The van der Waals surface area contributed by atoms with Gasteiger partial charge in [-0.25, -0.2) is 4.98 Å². The van der Waals surface area contributed by atoms with Crippen LogP contribution in [0.25, 0.3) is 20.8 Å². The molecule has 0 aliphatic rings. The number of nitrogens with one attached hydrogen (secondary N) is 1. The van der Waals surface area contributed by atoms with E-state index in [0.717, 1.165) is 21.8 Å². The van der Waals surface area contributed by atoms with Gasteiger partial charge in [0.15, 0.2) is 0 Å². The smallest absolute Gasteiger partial charge is 0.224 e. The zero-order valence-corrected chi connectivity index (χ0v) is 17.5. The molecule has 1 heterocycles. The molecule has 4 rings (SSSR count). The molecule has 4 aromatic rings. The van der Waals surface area contributed by atoms with Gasteiger partial charge in [-0.1, -0.05) is 18.2 Å². The number of ether oxygens (including phenoxy) is 1. The molecule has 0 unspecified atom stereocenters. The van der Waals surface area contributed by atoms with Crippen LogP contribution < -0.4 is 15.8 Å². The van der Waals surface area contributed by atoms with E-state index in [9.17, 15) is 4.79 Å². The van der Waals surface area contributed by atoms with Gasteiger partial charge in [0.05, 0.1) is 22.5 Å². The van der Waals surface area contributed by atoms with Crippen LogP contribution in [0.2, 0.25) is 0 Å². The van der Waals surface area contributed by atoms with E-state index in [1.54, 1.807) is 17.4 Å². The summed E-state index contributed by atoms with van der Waals surface area (Å²) in [5, 5.41) is 3.91. The minimum Gasteiger partial charge on any atom is -0.491 e. The van der Waals surface area contributed by atoms with Crippen molar-refractivity contribution in [2.45, 2.75) is 19.8 Å². The van der Waals surface area contributed by atoms with Crippen LogP contribution in [0.5, 0.6) is 5.75 Å². The molecule has 3 aromatic carbocycles. The second-order valence-electron chi connectivity index (χ2n) is 7.11. The van der Waals surface area contributed by atoms with Crippen molar-refractivity contribution in [1.29, 1.82) is 0 Å². The summed E-state index contributed by atoms with van der Waals surface area (Å²) < 4.78 is 6.81. The van der Waals surface area contributed by atoms with Crippen molar-refractivity contribution in [1.82, 2.24) is 4.98 Å². The Bertz CT molecular complexity index is 1170. The Kier molecular flexibility index (Phi) is 5.95. The van der Waals surface area contributed by atoms with Crippen LogP contribution in [0.4, 0.5) is 11.4 Å². The topological polar surface area (TPSA) is 77.2 Å². The van der Waals surface area contributed by atoms with Gasteiger partial charge < -0.3 is 15.8 Å². The zero-order valence-electron chi connectivity index (χ0n) is 16.7. The van der Waals surface area contributed by atoms with Gasteiger partial charge >= 0.3 is 0 Å². The fourth-order valence-corrected chi connectivity index (χ4v) is 4.17. The number of carbonyl (C=O) groups is 1. The van der Waals surface area contributed by atoms with Crippen molar-refractivity contribution in [3.63, 3.8) is 0 Å².